The number of hydrogen-bond acceptors (Lipinski definition) is 2. The van der Waals surface area contributed by atoms with Gasteiger partial charge >= 0.3 is 0 Å². The summed E-state index contributed by atoms with van der Waals surface area (Å²) in [7, 11) is 8.47. The second-order valence-electron chi connectivity index (χ2n) is 4.10. The summed E-state index contributed by atoms with van der Waals surface area (Å²) in [5, 5.41) is 0. The summed E-state index contributed by atoms with van der Waals surface area (Å²) in [6.45, 7) is 0. The molecule has 1 aromatic rings. The van der Waals surface area contributed by atoms with Crippen LogP contribution in [0.5, 0.6) is 0 Å². The van der Waals surface area contributed by atoms with E-state index in [1.54, 1.807) is 0 Å². The predicted octanol–water partition coefficient (Wildman–Crippen LogP) is 1.68. The van der Waals surface area contributed by atoms with E-state index in [1.807, 2.05) is 0 Å². The topological polar surface area (TPSA) is 6.48 Å². The molecule has 0 saturated heterocycles. The Labute approximate surface area is 87.1 Å². The lowest BCUT2D eigenvalue weighted by molar-refractivity contribution is 0.129. The normalized spacial score (nSPS) is 11.6. The highest BCUT2D eigenvalue weighted by molar-refractivity contribution is 5.15. The molecular weight excluding hydrogens is 172 g/mol. The fourth-order valence-corrected chi connectivity index (χ4v) is 1.65. The molecule has 0 aromatic heterocycles. The minimum Gasteiger partial charge on any atom is -0.294 e. The summed E-state index contributed by atoms with van der Waals surface area (Å²) in [6, 6.07) is 10.6. The summed E-state index contributed by atoms with van der Waals surface area (Å²) in [6.07, 6.45) is 1.54. The number of nitrogens with zero attached hydrogens (tertiary/aromatic N) is 2. The molecule has 78 valence electrons. The van der Waals surface area contributed by atoms with Gasteiger partial charge in [0.05, 0.1) is 6.17 Å². The van der Waals surface area contributed by atoms with Crippen molar-refractivity contribution in [3.63, 3.8) is 0 Å². The van der Waals surface area contributed by atoms with Gasteiger partial charge in [0.25, 0.3) is 0 Å². The van der Waals surface area contributed by atoms with Crippen LogP contribution in [0.2, 0.25) is 0 Å². The van der Waals surface area contributed by atoms with Crippen molar-refractivity contribution in [2.24, 2.45) is 0 Å². The van der Waals surface area contributed by atoms with Gasteiger partial charge in [-0.15, -0.1) is 0 Å². The van der Waals surface area contributed by atoms with Gasteiger partial charge in [-0.25, -0.2) is 0 Å². The van der Waals surface area contributed by atoms with Gasteiger partial charge in [0.2, 0.25) is 0 Å². The lowest BCUT2D eigenvalue weighted by Crippen LogP contribution is -2.42. The summed E-state index contributed by atoms with van der Waals surface area (Å²) >= 11 is 0. The van der Waals surface area contributed by atoms with Crippen molar-refractivity contribution in [3.8, 4) is 0 Å². The van der Waals surface area contributed by atoms with Crippen molar-refractivity contribution >= 4 is 0 Å². The van der Waals surface area contributed by atoms with Crippen molar-refractivity contribution < 1.29 is 0 Å². The molecule has 0 heterocycles. The Kier molecular flexibility index (Phi) is 4.11. The van der Waals surface area contributed by atoms with Gasteiger partial charge < -0.3 is 0 Å². The average Bonchev–Trinajstić information content (AvgIpc) is 2.15. The van der Waals surface area contributed by atoms with E-state index in [2.05, 4.69) is 68.3 Å². The quantitative estimate of drug-likeness (QED) is 0.670. The first kappa shape index (κ1) is 11.2. The number of likely N-dealkylation sites (N-methyl/N-ethyl adjacent to an activating group) is 2. The molecule has 0 saturated carbocycles. The molecule has 0 spiro atoms. The second kappa shape index (κ2) is 5.13. The molecule has 0 N–H and O–H groups in total. The van der Waals surface area contributed by atoms with Gasteiger partial charge in [-0.05, 0) is 33.8 Å². The summed E-state index contributed by atoms with van der Waals surface area (Å²) in [4.78, 5) is 4.49. The van der Waals surface area contributed by atoms with E-state index in [4.69, 9.17) is 0 Å². The molecule has 0 unspecified atom stereocenters. The van der Waals surface area contributed by atoms with E-state index >= 15 is 0 Å². The SMILES string of the molecule is CN(C)C(Cc1ccccc1)N(C)C. The van der Waals surface area contributed by atoms with Gasteiger partial charge in [-0.2, -0.15) is 0 Å². The summed E-state index contributed by atoms with van der Waals surface area (Å²) in [5.41, 5.74) is 1.39. The van der Waals surface area contributed by atoms with Crippen LogP contribution in [0.25, 0.3) is 0 Å². The Bertz CT molecular complexity index is 246. The van der Waals surface area contributed by atoms with Crippen LogP contribution in [0.1, 0.15) is 5.56 Å². The molecule has 0 radical (unpaired) electrons. The smallest absolute Gasteiger partial charge is 0.0653 e. The van der Waals surface area contributed by atoms with Crippen LogP contribution in [0.4, 0.5) is 0 Å². The first-order valence-corrected chi connectivity index (χ1v) is 4.98. The maximum absolute atomic E-state index is 2.24. The maximum Gasteiger partial charge on any atom is 0.0653 e. The second-order valence-corrected chi connectivity index (χ2v) is 4.10. The maximum atomic E-state index is 2.24. The van der Waals surface area contributed by atoms with Crippen LogP contribution in [-0.4, -0.2) is 44.2 Å². The lowest BCUT2D eigenvalue weighted by Gasteiger charge is -2.30. The van der Waals surface area contributed by atoms with Crippen molar-refractivity contribution in [1.82, 2.24) is 9.80 Å². The number of benzene rings is 1. The van der Waals surface area contributed by atoms with Crippen LogP contribution in [-0.2, 0) is 6.42 Å². The first-order chi connectivity index (χ1) is 6.61. The third-order valence-electron chi connectivity index (χ3n) is 2.45. The minimum atomic E-state index is 0.470. The zero-order valence-corrected chi connectivity index (χ0v) is 9.57. The molecule has 0 aliphatic heterocycles. The van der Waals surface area contributed by atoms with Gasteiger partial charge in [0, 0.05) is 6.42 Å². The van der Waals surface area contributed by atoms with Crippen molar-refractivity contribution in [3.05, 3.63) is 35.9 Å². The van der Waals surface area contributed by atoms with Crippen molar-refractivity contribution in [1.29, 1.82) is 0 Å². The first-order valence-electron chi connectivity index (χ1n) is 4.98. The molecule has 2 nitrogen and oxygen atoms in total. The summed E-state index contributed by atoms with van der Waals surface area (Å²) in [5.74, 6) is 0. The Hall–Kier alpha value is -0.860. The molecular formula is C12H20N2. The Morgan fingerprint density at radius 1 is 0.929 bits per heavy atom. The highest BCUT2D eigenvalue weighted by Gasteiger charge is 2.13. The largest absolute Gasteiger partial charge is 0.294 e. The van der Waals surface area contributed by atoms with Gasteiger partial charge in [-0.1, -0.05) is 30.3 Å². The van der Waals surface area contributed by atoms with Gasteiger partial charge in [-0.3, -0.25) is 9.80 Å². The minimum absolute atomic E-state index is 0.470. The molecule has 1 rings (SSSR count). The fourth-order valence-electron chi connectivity index (χ4n) is 1.65. The van der Waals surface area contributed by atoms with Crippen LogP contribution >= 0.6 is 0 Å². The molecule has 0 bridgehead atoms. The van der Waals surface area contributed by atoms with E-state index in [0.717, 1.165) is 6.42 Å². The third kappa shape index (κ3) is 3.13. The predicted molar refractivity (Wildman–Crippen MR) is 61.3 cm³/mol. The molecule has 2 heteroatoms. The van der Waals surface area contributed by atoms with Crippen molar-refractivity contribution in [2.45, 2.75) is 12.6 Å². The molecule has 0 atom stereocenters. The summed E-state index contributed by atoms with van der Waals surface area (Å²) < 4.78 is 0. The zero-order valence-electron chi connectivity index (χ0n) is 9.57. The highest BCUT2D eigenvalue weighted by Crippen LogP contribution is 2.07. The van der Waals surface area contributed by atoms with Crippen LogP contribution in [0, 0.1) is 0 Å². The number of rotatable bonds is 4. The lowest BCUT2D eigenvalue weighted by atomic mass is 10.1. The van der Waals surface area contributed by atoms with Crippen LogP contribution in [0.15, 0.2) is 30.3 Å². The molecule has 1 aromatic carbocycles. The Morgan fingerprint density at radius 3 is 1.86 bits per heavy atom. The van der Waals surface area contributed by atoms with Crippen LogP contribution in [0.3, 0.4) is 0 Å². The Morgan fingerprint density at radius 2 is 1.43 bits per heavy atom. The monoisotopic (exact) mass is 192 g/mol. The van der Waals surface area contributed by atoms with Gasteiger partial charge in [0.1, 0.15) is 0 Å². The van der Waals surface area contributed by atoms with E-state index in [9.17, 15) is 0 Å². The van der Waals surface area contributed by atoms with E-state index in [0.29, 0.717) is 6.17 Å². The molecule has 14 heavy (non-hydrogen) atoms. The van der Waals surface area contributed by atoms with E-state index in [-0.39, 0.29) is 0 Å². The van der Waals surface area contributed by atoms with Crippen LogP contribution < -0.4 is 0 Å². The number of hydrogen-bond donors (Lipinski definition) is 0. The van der Waals surface area contributed by atoms with Crippen molar-refractivity contribution in [2.75, 3.05) is 28.2 Å². The van der Waals surface area contributed by atoms with E-state index in [1.165, 1.54) is 5.56 Å². The fraction of sp³-hybridized carbons (Fsp3) is 0.500. The van der Waals surface area contributed by atoms with Gasteiger partial charge in [0.15, 0.2) is 0 Å². The molecule has 0 amide bonds. The Balaban J connectivity index is 2.65. The molecule has 0 aliphatic rings. The molecule has 0 aliphatic carbocycles. The standard InChI is InChI=1S/C12H20N2/c1-13(2)12(14(3)4)10-11-8-6-5-7-9-11/h5-9,12H,10H2,1-4H3. The highest BCUT2D eigenvalue weighted by atomic mass is 15.3. The molecule has 0 fully saturated rings. The average molecular weight is 192 g/mol. The zero-order chi connectivity index (χ0) is 10.6. The van der Waals surface area contributed by atoms with E-state index < -0.39 is 0 Å². The third-order valence-corrected chi connectivity index (χ3v) is 2.45.